The fourth-order valence-electron chi connectivity index (χ4n) is 3.49. The molecule has 1 aromatic carbocycles. The van der Waals surface area contributed by atoms with Crippen molar-refractivity contribution in [3.8, 4) is 11.6 Å². The fraction of sp³-hybridized carbons (Fsp3) is 0.522. The summed E-state index contributed by atoms with van der Waals surface area (Å²) in [7, 11) is 0. The van der Waals surface area contributed by atoms with Gasteiger partial charge in [-0.2, -0.15) is 0 Å². The van der Waals surface area contributed by atoms with E-state index in [-0.39, 0.29) is 11.9 Å². The SMILES string of the molecule is CCCc1ccc(CCc2nc(OCC3COCCO3)cc(O)c2CC)cc1. The van der Waals surface area contributed by atoms with E-state index in [2.05, 4.69) is 36.2 Å². The molecule has 2 aromatic rings. The molecular formula is C23H31NO4. The van der Waals surface area contributed by atoms with Crippen LogP contribution >= 0.6 is 0 Å². The van der Waals surface area contributed by atoms with Crippen molar-refractivity contribution in [1.29, 1.82) is 0 Å². The predicted octanol–water partition coefficient (Wildman–Crippen LogP) is 3.88. The van der Waals surface area contributed by atoms with E-state index in [4.69, 9.17) is 14.2 Å². The summed E-state index contributed by atoms with van der Waals surface area (Å²) in [6.45, 7) is 6.35. The molecule has 1 atom stereocenters. The Bertz CT molecular complexity index is 739. The predicted molar refractivity (Wildman–Crippen MR) is 109 cm³/mol. The van der Waals surface area contributed by atoms with Gasteiger partial charge in [-0.05, 0) is 36.8 Å². The second-order valence-corrected chi connectivity index (χ2v) is 7.20. The highest BCUT2D eigenvalue weighted by atomic mass is 16.6. The van der Waals surface area contributed by atoms with E-state index in [1.165, 1.54) is 11.1 Å². The molecule has 5 nitrogen and oxygen atoms in total. The topological polar surface area (TPSA) is 60.8 Å². The molecule has 0 radical (unpaired) electrons. The zero-order valence-corrected chi connectivity index (χ0v) is 16.9. The van der Waals surface area contributed by atoms with Crippen molar-refractivity contribution in [2.45, 2.75) is 52.1 Å². The Morgan fingerprint density at radius 1 is 1.07 bits per heavy atom. The highest BCUT2D eigenvalue weighted by Crippen LogP contribution is 2.27. The number of nitrogens with zero attached hydrogens (tertiary/aromatic N) is 1. The molecular weight excluding hydrogens is 354 g/mol. The van der Waals surface area contributed by atoms with Gasteiger partial charge in [0.2, 0.25) is 5.88 Å². The molecule has 0 spiro atoms. The molecule has 152 valence electrons. The van der Waals surface area contributed by atoms with E-state index >= 15 is 0 Å². The number of aryl methyl sites for hydroxylation is 3. The zero-order chi connectivity index (χ0) is 19.8. The smallest absolute Gasteiger partial charge is 0.217 e. The van der Waals surface area contributed by atoms with Crippen molar-refractivity contribution < 1.29 is 19.3 Å². The maximum Gasteiger partial charge on any atom is 0.217 e. The van der Waals surface area contributed by atoms with E-state index in [1.54, 1.807) is 6.07 Å². The number of aromatic hydroxyl groups is 1. The fourth-order valence-corrected chi connectivity index (χ4v) is 3.49. The summed E-state index contributed by atoms with van der Waals surface area (Å²) in [5, 5.41) is 10.4. The third-order valence-electron chi connectivity index (χ3n) is 5.03. The molecule has 0 saturated carbocycles. The largest absolute Gasteiger partial charge is 0.507 e. The number of ether oxygens (including phenoxy) is 3. The van der Waals surface area contributed by atoms with Crippen molar-refractivity contribution in [3.63, 3.8) is 0 Å². The highest BCUT2D eigenvalue weighted by Gasteiger charge is 2.17. The van der Waals surface area contributed by atoms with Crippen LogP contribution in [0.2, 0.25) is 0 Å². The summed E-state index contributed by atoms with van der Waals surface area (Å²) in [6, 6.07) is 10.4. The van der Waals surface area contributed by atoms with Crippen LogP contribution in [0.4, 0.5) is 0 Å². The Balaban J connectivity index is 1.65. The summed E-state index contributed by atoms with van der Waals surface area (Å²) in [6.07, 6.45) is 4.58. The summed E-state index contributed by atoms with van der Waals surface area (Å²) in [5.74, 6) is 0.693. The standard InChI is InChI=1S/C23H31NO4/c1-3-5-17-6-8-18(9-7-17)10-11-21-20(4-2)22(25)14-23(24-21)28-16-19-15-26-12-13-27-19/h6-9,14,19H,3-5,10-13,15-16H2,1-2H3,(H,24,25). The van der Waals surface area contributed by atoms with Crippen molar-refractivity contribution >= 4 is 0 Å². The molecule has 2 heterocycles. The van der Waals surface area contributed by atoms with Gasteiger partial charge in [0.1, 0.15) is 18.5 Å². The molecule has 0 amide bonds. The van der Waals surface area contributed by atoms with E-state index in [0.29, 0.717) is 32.3 Å². The maximum atomic E-state index is 10.4. The number of benzene rings is 1. The van der Waals surface area contributed by atoms with Crippen LogP contribution in [-0.4, -0.2) is 42.6 Å². The third-order valence-corrected chi connectivity index (χ3v) is 5.03. The first-order valence-electron chi connectivity index (χ1n) is 10.3. The van der Waals surface area contributed by atoms with Gasteiger partial charge in [0.15, 0.2) is 0 Å². The van der Waals surface area contributed by atoms with Crippen LogP contribution in [0.15, 0.2) is 30.3 Å². The molecule has 1 fully saturated rings. The summed E-state index contributed by atoms with van der Waals surface area (Å²) in [5.41, 5.74) is 4.45. The van der Waals surface area contributed by atoms with Gasteiger partial charge in [0.05, 0.1) is 25.5 Å². The van der Waals surface area contributed by atoms with Crippen molar-refractivity contribution in [1.82, 2.24) is 4.98 Å². The summed E-state index contributed by atoms with van der Waals surface area (Å²) in [4.78, 5) is 4.67. The molecule has 1 aromatic heterocycles. The first-order valence-corrected chi connectivity index (χ1v) is 10.3. The number of pyridine rings is 1. The normalized spacial score (nSPS) is 16.9. The first-order chi connectivity index (χ1) is 13.7. The number of hydrogen-bond donors (Lipinski definition) is 1. The van der Waals surface area contributed by atoms with E-state index in [1.807, 2.05) is 6.92 Å². The van der Waals surface area contributed by atoms with Crippen molar-refractivity contribution in [2.75, 3.05) is 26.4 Å². The quantitative estimate of drug-likeness (QED) is 0.710. The van der Waals surface area contributed by atoms with Gasteiger partial charge in [0, 0.05) is 11.6 Å². The van der Waals surface area contributed by atoms with Gasteiger partial charge in [-0.25, -0.2) is 4.98 Å². The van der Waals surface area contributed by atoms with Crippen LogP contribution < -0.4 is 4.74 Å². The van der Waals surface area contributed by atoms with Crippen molar-refractivity contribution in [2.24, 2.45) is 0 Å². The Hall–Kier alpha value is -2.11. The van der Waals surface area contributed by atoms with Crippen LogP contribution in [0.25, 0.3) is 0 Å². The maximum absolute atomic E-state index is 10.4. The molecule has 1 aliphatic rings. The third kappa shape index (κ3) is 5.69. The molecule has 1 N–H and O–H groups in total. The second-order valence-electron chi connectivity index (χ2n) is 7.20. The average Bonchev–Trinajstić information content (AvgIpc) is 2.72. The van der Waals surface area contributed by atoms with Crippen LogP contribution in [0.3, 0.4) is 0 Å². The van der Waals surface area contributed by atoms with Crippen LogP contribution in [0.5, 0.6) is 11.6 Å². The lowest BCUT2D eigenvalue weighted by Gasteiger charge is -2.23. The van der Waals surface area contributed by atoms with Crippen LogP contribution in [0.1, 0.15) is 42.7 Å². The minimum atomic E-state index is -0.0892. The molecule has 1 unspecified atom stereocenters. The molecule has 28 heavy (non-hydrogen) atoms. The Kier molecular flexibility index (Phi) is 7.69. The molecule has 0 aliphatic carbocycles. The van der Waals surface area contributed by atoms with Gasteiger partial charge in [0.25, 0.3) is 0 Å². The van der Waals surface area contributed by atoms with Gasteiger partial charge in [-0.15, -0.1) is 0 Å². The lowest BCUT2D eigenvalue weighted by atomic mass is 10.0. The number of hydrogen-bond acceptors (Lipinski definition) is 5. The molecule has 1 saturated heterocycles. The first kappa shape index (κ1) is 20.6. The lowest BCUT2D eigenvalue weighted by molar-refractivity contribution is -0.102. The minimum Gasteiger partial charge on any atom is -0.507 e. The van der Waals surface area contributed by atoms with Gasteiger partial charge in [-0.1, -0.05) is 44.5 Å². The molecule has 0 bridgehead atoms. The van der Waals surface area contributed by atoms with Gasteiger partial charge in [-0.3, -0.25) is 0 Å². The van der Waals surface area contributed by atoms with Crippen molar-refractivity contribution in [3.05, 3.63) is 52.7 Å². The minimum absolute atomic E-state index is 0.0892. The molecule has 3 rings (SSSR count). The molecule has 5 heteroatoms. The highest BCUT2D eigenvalue weighted by molar-refractivity contribution is 5.40. The molecule has 1 aliphatic heterocycles. The second kappa shape index (κ2) is 10.4. The zero-order valence-electron chi connectivity index (χ0n) is 16.9. The number of rotatable bonds is 9. The van der Waals surface area contributed by atoms with Gasteiger partial charge >= 0.3 is 0 Å². The van der Waals surface area contributed by atoms with Crippen LogP contribution in [-0.2, 0) is 35.2 Å². The van der Waals surface area contributed by atoms with E-state index < -0.39 is 0 Å². The Labute approximate surface area is 167 Å². The monoisotopic (exact) mass is 385 g/mol. The lowest BCUT2D eigenvalue weighted by Crippen LogP contribution is -2.33. The average molecular weight is 386 g/mol. The Morgan fingerprint density at radius 3 is 2.46 bits per heavy atom. The Morgan fingerprint density at radius 2 is 1.82 bits per heavy atom. The number of aromatic nitrogens is 1. The van der Waals surface area contributed by atoms with E-state index in [0.717, 1.165) is 43.4 Å². The van der Waals surface area contributed by atoms with E-state index in [9.17, 15) is 5.11 Å². The van der Waals surface area contributed by atoms with Crippen LogP contribution in [0, 0.1) is 0 Å². The van der Waals surface area contributed by atoms with Gasteiger partial charge < -0.3 is 19.3 Å². The summed E-state index contributed by atoms with van der Waals surface area (Å²) < 4.78 is 16.8. The summed E-state index contributed by atoms with van der Waals surface area (Å²) >= 11 is 0.